The summed E-state index contributed by atoms with van der Waals surface area (Å²) < 4.78 is 6.83. The first-order valence-corrected chi connectivity index (χ1v) is 10.7. The fraction of sp³-hybridized carbons (Fsp3) is 0.579. The van der Waals surface area contributed by atoms with E-state index in [4.69, 9.17) is 4.63 Å². The average Bonchev–Trinajstić information content (AvgIpc) is 3.33. The van der Waals surface area contributed by atoms with Crippen molar-refractivity contribution in [1.82, 2.24) is 29.5 Å². The van der Waals surface area contributed by atoms with Crippen LogP contribution in [0.15, 0.2) is 16.2 Å². The van der Waals surface area contributed by atoms with Crippen molar-refractivity contribution in [3.63, 3.8) is 0 Å². The number of imidazole rings is 1. The maximum absolute atomic E-state index is 13.3. The Kier molecular flexibility index (Phi) is 5.72. The molecular weight excluding hydrogens is 376 g/mol. The predicted molar refractivity (Wildman–Crippen MR) is 106 cm³/mol. The lowest BCUT2D eigenvalue weighted by Crippen LogP contribution is -2.35. The molecular formula is C19H26N6O2S. The van der Waals surface area contributed by atoms with Gasteiger partial charge in [-0.05, 0) is 26.8 Å². The average molecular weight is 403 g/mol. The zero-order valence-corrected chi connectivity index (χ0v) is 17.2. The van der Waals surface area contributed by atoms with E-state index in [1.54, 1.807) is 11.3 Å². The van der Waals surface area contributed by atoms with Crippen molar-refractivity contribution in [1.29, 1.82) is 0 Å². The number of carbonyl (C=O) groups is 1. The molecule has 8 nitrogen and oxygen atoms in total. The maximum atomic E-state index is 13.3. The minimum absolute atomic E-state index is 0.0560. The van der Waals surface area contributed by atoms with Crippen LogP contribution in [0.4, 0.5) is 0 Å². The largest absolute Gasteiger partial charge is 0.337 e. The van der Waals surface area contributed by atoms with Crippen LogP contribution in [0.1, 0.15) is 59.7 Å². The van der Waals surface area contributed by atoms with Crippen LogP contribution < -0.4 is 0 Å². The predicted octanol–water partition coefficient (Wildman–Crippen LogP) is 3.13. The van der Waals surface area contributed by atoms with E-state index in [2.05, 4.69) is 20.2 Å². The van der Waals surface area contributed by atoms with Crippen molar-refractivity contribution < 1.29 is 9.42 Å². The molecule has 0 aromatic carbocycles. The summed E-state index contributed by atoms with van der Waals surface area (Å²) in [6.07, 6.45) is 7.80. The van der Waals surface area contributed by atoms with Crippen LogP contribution in [0.3, 0.4) is 0 Å². The number of rotatable bonds is 5. The number of nitrogens with zero attached hydrogens (tertiary/aromatic N) is 6. The van der Waals surface area contributed by atoms with Gasteiger partial charge < -0.3 is 4.90 Å². The lowest BCUT2D eigenvalue weighted by Gasteiger charge is -2.25. The molecule has 0 unspecified atom stereocenters. The first-order valence-electron chi connectivity index (χ1n) is 9.84. The second-order valence-corrected chi connectivity index (χ2v) is 8.36. The summed E-state index contributed by atoms with van der Waals surface area (Å²) in [7, 11) is 2.00. The van der Waals surface area contributed by atoms with E-state index in [-0.39, 0.29) is 5.91 Å². The van der Waals surface area contributed by atoms with E-state index in [9.17, 15) is 4.79 Å². The molecule has 4 rings (SSSR count). The zero-order valence-electron chi connectivity index (χ0n) is 16.4. The topological polar surface area (TPSA) is 79.8 Å². The molecule has 0 saturated carbocycles. The molecule has 1 saturated heterocycles. The normalized spacial score (nSPS) is 15.9. The van der Waals surface area contributed by atoms with Crippen molar-refractivity contribution in [2.24, 2.45) is 0 Å². The lowest BCUT2D eigenvalue weighted by atomic mass is 10.1. The van der Waals surface area contributed by atoms with Crippen molar-refractivity contribution >= 4 is 22.2 Å². The van der Waals surface area contributed by atoms with Gasteiger partial charge in [0, 0.05) is 37.8 Å². The Morgan fingerprint density at radius 3 is 2.64 bits per heavy atom. The molecule has 0 radical (unpaired) electrons. The smallest absolute Gasteiger partial charge is 0.274 e. The van der Waals surface area contributed by atoms with Crippen LogP contribution in [-0.2, 0) is 13.1 Å². The summed E-state index contributed by atoms with van der Waals surface area (Å²) in [5.74, 6) is 0.0560. The molecule has 3 aromatic heterocycles. The molecule has 0 bridgehead atoms. The quantitative estimate of drug-likeness (QED) is 0.652. The van der Waals surface area contributed by atoms with E-state index in [1.165, 1.54) is 19.3 Å². The van der Waals surface area contributed by atoms with Crippen molar-refractivity contribution in [3.8, 4) is 0 Å². The highest BCUT2D eigenvalue weighted by atomic mass is 32.1. The molecule has 3 aromatic rings. The van der Waals surface area contributed by atoms with Gasteiger partial charge in [-0.3, -0.25) is 14.1 Å². The summed E-state index contributed by atoms with van der Waals surface area (Å²) in [5, 5.41) is 9.81. The number of fused-ring (bicyclic) bond motifs is 1. The maximum Gasteiger partial charge on any atom is 0.274 e. The Morgan fingerprint density at radius 1 is 1.18 bits per heavy atom. The van der Waals surface area contributed by atoms with Gasteiger partial charge in [-0.25, -0.2) is 9.61 Å². The van der Waals surface area contributed by atoms with E-state index >= 15 is 0 Å². The molecule has 0 spiro atoms. The number of aromatic nitrogens is 4. The van der Waals surface area contributed by atoms with Crippen LogP contribution >= 0.6 is 11.3 Å². The standard InChI is InChI=1S/C19H26N6O2S/c1-14-15(22-27-21-14)12-23(2)13-16-17(20-19-25(16)10-11-28-19)18(26)24-8-6-4-3-5-7-9-24/h10-11H,3-9,12-13H2,1-2H3. The highest BCUT2D eigenvalue weighted by molar-refractivity contribution is 7.15. The van der Waals surface area contributed by atoms with Crippen molar-refractivity contribution in [2.75, 3.05) is 20.1 Å². The molecule has 1 aliphatic heterocycles. The van der Waals surface area contributed by atoms with Crippen LogP contribution in [0.2, 0.25) is 0 Å². The highest BCUT2D eigenvalue weighted by Crippen LogP contribution is 2.22. The van der Waals surface area contributed by atoms with Gasteiger partial charge in [0.1, 0.15) is 11.4 Å². The van der Waals surface area contributed by atoms with Crippen LogP contribution in [-0.4, -0.2) is 55.5 Å². The third-order valence-electron chi connectivity index (χ3n) is 5.29. The van der Waals surface area contributed by atoms with E-state index in [0.29, 0.717) is 18.8 Å². The van der Waals surface area contributed by atoms with Gasteiger partial charge in [-0.2, -0.15) is 0 Å². The Labute approximate surface area is 168 Å². The van der Waals surface area contributed by atoms with Crippen LogP contribution in [0.25, 0.3) is 4.96 Å². The first-order chi connectivity index (χ1) is 13.6. The number of thiazole rings is 1. The third-order valence-corrected chi connectivity index (χ3v) is 6.05. The van der Waals surface area contributed by atoms with Crippen LogP contribution in [0, 0.1) is 6.92 Å². The van der Waals surface area contributed by atoms with E-state index in [0.717, 1.165) is 48.0 Å². The van der Waals surface area contributed by atoms with Crippen molar-refractivity contribution in [2.45, 2.75) is 52.1 Å². The second-order valence-electron chi connectivity index (χ2n) is 7.49. The molecule has 1 fully saturated rings. The number of hydrogen-bond acceptors (Lipinski definition) is 7. The van der Waals surface area contributed by atoms with Gasteiger partial charge in [-0.1, -0.05) is 29.6 Å². The number of amides is 1. The zero-order chi connectivity index (χ0) is 19.5. The lowest BCUT2D eigenvalue weighted by molar-refractivity contribution is 0.0735. The van der Waals surface area contributed by atoms with Crippen molar-refractivity contribution in [3.05, 3.63) is 34.4 Å². The monoisotopic (exact) mass is 402 g/mol. The Bertz CT molecular complexity index is 937. The van der Waals surface area contributed by atoms with Gasteiger partial charge in [0.25, 0.3) is 5.91 Å². The fourth-order valence-electron chi connectivity index (χ4n) is 3.72. The number of aryl methyl sites for hydroxylation is 1. The van der Waals surface area contributed by atoms with Gasteiger partial charge >= 0.3 is 0 Å². The minimum Gasteiger partial charge on any atom is -0.337 e. The molecule has 28 heavy (non-hydrogen) atoms. The Morgan fingerprint density at radius 2 is 1.93 bits per heavy atom. The van der Waals surface area contributed by atoms with Gasteiger partial charge in [0.05, 0.1) is 5.69 Å². The number of hydrogen-bond donors (Lipinski definition) is 0. The van der Waals surface area contributed by atoms with Crippen LogP contribution in [0.5, 0.6) is 0 Å². The highest BCUT2D eigenvalue weighted by Gasteiger charge is 2.25. The summed E-state index contributed by atoms with van der Waals surface area (Å²) in [4.78, 5) is 22.9. The summed E-state index contributed by atoms with van der Waals surface area (Å²) in [6.45, 7) is 4.72. The second kappa shape index (κ2) is 8.40. The third kappa shape index (κ3) is 3.95. The van der Waals surface area contributed by atoms with E-state index < -0.39 is 0 Å². The molecule has 1 aliphatic rings. The molecule has 0 N–H and O–H groups in total. The minimum atomic E-state index is 0.0560. The number of likely N-dealkylation sites (tertiary alicyclic amines) is 1. The molecule has 150 valence electrons. The molecule has 1 amide bonds. The van der Waals surface area contributed by atoms with E-state index in [1.807, 2.05) is 34.8 Å². The Hall–Kier alpha value is -2.26. The van der Waals surface area contributed by atoms with Gasteiger partial charge in [-0.15, -0.1) is 11.3 Å². The first kappa shape index (κ1) is 19.1. The molecule has 0 atom stereocenters. The fourth-order valence-corrected chi connectivity index (χ4v) is 4.45. The van der Waals surface area contributed by atoms with Gasteiger partial charge in [0.15, 0.2) is 10.7 Å². The summed E-state index contributed by atoms with van der Waals surface area (Å²) in [6, 6.07) is 0. The SMILES string of the molecule is Cc1nonc1CN(C)Cc1c(C(=O)N2CCCCCCC2)nc2sccn12. The number of carbonyl (C=O) groups excluding carboxylic acids is 1. The molecule has 0 aliphatic carbocycles. The molecule has 4 heterocycles. The molecule has 9 heteroatoms. The Balaban J connectivity index is 1.57. The summed E-state index contributed by atoms with van der Waals surface area (Å²) in [5.41, 5.74) is 3.11. The summed E-state index contributed by atoms with van der Waals surface area (Å²) >= 11 is 1.55. The van der Waals surface area contributed by atoms with Gasteiger partial charge in [0.2, 0.25) is 0 Å².